The highest BCUT2D eigenvalue weighted by atomic mass is 16.6. The Bertz CT molecular complexity index is 253. The molecule has 0 aromatic rings. The molecule has 72 valence electrons. The van der Waals surface area contributed by atoms with E-state index in [0.29, 0.717) is 30.5 Å². The number of epoxide rings is 2. The summed E-state index contributed by atoms with van der Waals surface area (Å²) >= 11 is 0. The fourth-order valence-electron chi connectivity index (χ4n) is 3.55. The molecule has 0 spiro atoms. The Balaban J connectivity index is 1.64. The molecule has 4 fully saturated rings. The Kier molecular flexibility index (Phi) is 1.16. The van der Waals surface area contributed by atoms with E-state index in [1.165, 1.54) is 12.8 Å². The third kappa shape index (κ3) is 0.808. The summed E-state index contributed by atoms with van der Waals surface area (Å²) < 4.78 is 16.7. The summed E-state index contributed by atoms with van der Waals surface area (Å²) in [4.78, 5) is 0. The number of fused-ring (bicyclic) bond motifs is 4. The Morgan fingerprint density at radius 3 is 2.54 bits per heavy atom. The van der Waals surface area contributed by atoms with Crippen molar-refractivity contribution in [2.45, 2.75) is 43.4 Å². The first-order valence-corrected chi connectivity index (χ1v) is 5.22. The number of methoxy groups -OCH3 is 1. The van der Waals surface area contributed by atoms with Gasteiger partial charge in [-0.3, -0.25) is 0 Å². The molecule has 3 heteroatoms. The van der Waals surface area contributed by atoms with E-state index in [-0.39, 0.29) is 0 Å². The Hall–Kier alpha value is -0.120. The van der Waals surface area contributed by atoms with Crippen LogP contribution in [-0.2, 0) is 14.2 Å². The van der Waals surface area contributed by atoms with E-state index in [0.717, 1.165) is 11.8 Å². The molecule has 0 aromatic heterocycles. The molecule has 3 nitrogen and oxygen atoms in total. The van der Waals surface area contributed by atoms with Crippen molar-refractivity contribution in [1.29, 1.82) is 0 Å². The molecule has 0 aromatic carbocycles. The molecule has 0 radical (unpaired) electrons. The SMILES string of the molecule is COC1C2CC3OC3C2CC2OC21. The van der Waals surface area contributed by atoms with Gasteiger partial charge in [0.15, 0.2) is 0 Å². The summed E-state index contributed by atoms with van der Waals surface area (Å²) in [6.45, 7) is 0. The van der Waals surface area contributed by atoms with Crippen LogP contribution in [0.25, 0.3) is 0 Å². The van der Waals surface area contributed by atoms with E-state index in [2.05, 4.69) is 0 Å². The molecule has 2 saturated carbocycles. The average Bonchev–Trinajstić information content (AvgIpc) is 2.99. The summed E-state index contributed by atoms with van der Waals surface area (Å²) in [6.07, 6.45) is 4.84. The van der Waals surface area contributed by atoms with Gasteiger partial charge in [-0.25, -0.2) is 0 Å². The third-order valence-corrected chi connectivity index (χ3v) is 4.24. The second-order valence-electron chi connectivity index (χ2n) is 4.78. The maximum atomic E-state index is 5.60. The normalized spacial score (nSPS) is 66.7. The number of hydrogen-bond acceptors (Lipinski definition) is 3. The van der Waals surface area contributed by atoms with Crippen molar-refractivity contribution in [1.82, 2.24) is 0 Å². The fraction of sp³-hybridized carbons (Fsp3) is 1.00. The zero-order valence-electron chi connectivity index (χ0n) is 7.68. The van der Waals surface area contributed by atoms with Crippen LogP contribution >= 0.6 is 0 Å². The van der Waals surface area contributed by atoms with Gasteiger partial charge in [0.2, 0.25) is 0 Å². The zero-order chi connectivity index (χ0) is 8.58. The van der Waals surface area contributed by atoms with Crippen LogP contribution in [0.2, 0.25) is 0 Å². The molecule has 4 aliphatic rings. The second kappa shape index (κ2) is 2.10. The average molecular weight is 182 g/mol. The van der Waals surface area contributed by atoms with Gasteiger partial charge < -0.3 is 14.2 Å². The van der Waals surface area contributed by atoms with Crippen LogP contribution in [0.1, 0.15) is 12.8 Å². The van der Waals surface area contributed by atoms with Gasteiger partial charge in [-0.2, -0.15) is 0 Å². The quantitative estimate of drug-likeness (QED) is 0.556. The lowest BCUT2D eigenvalue weighted by Crippen LogP contribution is -2.39. The number of hydrogen-bond donors (Lipinski definition) is 0. The highest BCUT2D eigenvalue weighted by molar-refractivity contribution is 5.13. The van der Waals surface area contributed by atoms with Gasteiger partial charge in [-0.1, -0.05) is 0 Å². The maximum absolute atomic E-state index is 5.60. The molecular formula is C10H14O3. The first-order chi connectivity index (χ1) is 6.38. The molecule has 7 unspecified atom stereocenters. The highest BCUT2D eigenvalue weighted by Crippen LogP contribution is 2.57. The van der Waals surface area contributed by atoms with Gasteiger partial charge in [-0.05, 0) is 24.7 Å². The molecule has 0 amide bonds. The predicted molar refractivity (Wildman–Crippen MR) is 44.3 cm³/mol. The van der Waals surface area contributed by atoms with Crippen LogP contribution in [0.3, 0.4) is 0 Å². The summed E-state index contributed by atoms with van der Waals surface area (Å²) in [5.74, 6) is 1.45. The fourth-order valence-corrected chi connectivity index (χ4v) is 3.55. The third-order valence-electron chi connectivity index (χ3n) is 4.24. The van der Waals surface area contributed by atoms with Gasteiger partial charge in [0.05, 0.1) is 24.4 Å². The monoisotopic (exact) mass is 182 g/mol. The zero-order valence-corrected chi connectivity index (χ0v) is 7.68. The highest BCUT2D eigenvalue weighted by Gasteiger charge is 2.65. The largest absolute Gasteiger partial charge is 0.378 e. The van der Waals surface area contributed by atoms with Crippen molar-refractivity contribution in [3.63, 3.8) is 0 Å². The van der Waals surface area contributed by atoms with Crippen LogP contribution in [0, 0.1) is 11.8 Å². The Labute approximate surface area is 77.3 Å². The van der Waals surface area contributed by atoms with E-state index in [1.54, 1.807) is 0 Å². The molecule has 13 heavy (non-hydrogen) atoms. The van der Waals surface area contributed by atoms with E-state index >= 15 is 0 Å². The van der Waals surface area contributed by atoms with E-state index in [4.69, 9.17) is 14.2 Å². The predicted octanol–water partition coefficient (Wildman–Crippen LogP) is 0.576. The molecule has 2 aliphatic heterocycles. The smallest absolute Gasteiger partial charge is 0.111 e. The maximum Gasteiger partial charge on any atom is 0.111 e. The molecule has 0 N–H and O–H groups in total. The molecule has 7 atom stereocenters. The van der Waals surface area contributed by atoms with Crippen molar-refractivity contribution in [3.05, 3.63) is 0 Å². The van der Waals surface area contributed by atoms with Gasteiger partial charge in [-0.15, -0.1) is 0 Å². The first kappa shape index (κ1) is 7.21. The van der Waals surface area contributed by atoms with Crippen molar-refractivity contribution in [3.8, 4) is 0 Å². The van der Waals surface area contributed by atoms with Crippen LogP contribution in [-0.4, -0.2) is 37.6 Å². The molecule has 2 aliphatic carbocycles. The Morgan fingerprint density at radius 1 is 1.00 bits per heavy atom. The lowest BCUT2D eigenvalue weighted by Gasteiger charge is -2.31. The lowest BCUT2D eigenvalue weighted by molar-refractivity contribution is -0.00894. The minimum Gasteiger partial charge on any atom is -0.378 e. The molecule has 2 saturated heterocycles. The lowest BCUT2D eigenvalue weighted by atomic mass is 9.79. The van der Waals surface area contributed by atoms with Crippen molar-refractivity contribution in [2.75, 3.05) is 7.11 Å². The summed E-state index contributed by atoms with van der Waals surface area (Å²) in [6, 6.07) is 0. The summed E-state index contributed by atoms with van der Waals surface area (Å²) in [7, 11) is 1.82. The topological polar surface area (TPSA) is 34.3 Å². The summed E-state index contributed by atoms with van der Waals surface area (Å²) in [5, 5.41) is 0. The molecule has 0 bridgehead atoms. The van der Waals surface area contributed by atoms with Crippen molar-refractivity contribution >= 4 is 0 Å². The minimum atomic E-state index is 0.361. The van der Waals surface area contributed by atoms with Crippen LogP contribution in [0.4, 0.5) is 0 Å². The Morgan fingerprint density at radius 2 is 1.69 bits per heavy atom. The van der Waals surface area contributed by atoms with Crippen LogP contribution in [0.5, 0.6) is 0 Å². The summed E-state index contributed by atoms with van der Waals surface area (Å²) in [5.41, 5.74) is 0. The number of rotatable bonds is 1. The van der Waals surface area contributed by atoms with E-state index in [1.807, 2.05) is 7.11 Å². The van der Waals surface area contributed by atoms with Crippen molar-refractivity contribution < 1.29 is 14.2 Å². The first-order valence-electron chi connectivity index (χ1n) is 5.22. The van der Waals surface area contributed by atoms with Gasteiger partial charge in [0.1, 0.15) is 6.10 Å². The van der Waals surface area contributed by atoms with Gasteiger partial charge in [0, 0.05) is 7.11 Å². The molecular weight excluding hydrogens is 168 g/mol. The number of ether oxygens (including phenoxy) is 3. The van der Waals surface area contributed by atoms with Crippen LogP contribution in [0.15, 0.2) is 0 Å². The van der Waals surface area contributed by atoms with Crippen molar-refractivity contribution in [2.24, 2.45) is 11.8 Å². The van der Waals surface area contributed by atoms with Gasteiger partial charge >= 0.3 is 0 Å². The van der Waals surface area contributed by atoms with Gasteiger partial charge in [0.25, 0.3) is 0 Å². The van der Waals surface area contributed by atoms with E-state index in [9.17, 15) is 0 Å². The molecule has 2 heterocycles. The second-order valence-corrected chi connectivity index (χ2v) is 4.78. The van der Waals surface area contributed by atoms with E-state index < -0.39 is 0 Å². The standard InChI is InChI=1S/C10H14O3/c1-11-9-5-3-6-8(12-6)4(5)2-7-10(9)13-7/h4-10H,2-3H2,1H3. The van der Waals surface area contributed by atoms with Crippen LogP contribution < -0.4 is 0 Å². The molecule has 4 rings (SSSR count). The minimum absolute atomic E-state index is 0.361.